The van der Waals surface area contributed by atoms with E-state index in [0.717, 1.165) is 25.2 Å². The lowest BCUT2D eigenvalue weighted by atomic mass is 10.2. The normalized spacial score (nSPS) is 26.2. The van der Waals surface area contributed by atoms with E-state index in [2.05, 4.69) is 22.3 Å². The highest BCUT2D eigenvalue weighted by atomic mass is 16.2. The van der Waals surface area contributed by atoms with Crippen LogP contribution in [-0.4, -0.2) is 25.0 Å². The molecule has 1 aliphatic heterocycles. The summed E-state index contributed by atoms with van der Waals surface area (Å²) in [6.07, 6.45) is 3.33. The van der Waals surface area contributed by atoms with Crippen LogP contribution in [0.2, 0.25) is 0 Å². The van der Waals surface area contributed by atoms with Gasteiger partial charge < -0.3 is 16.0 Å². The predicted octanol–water partition coefficient (Wildman–Crippen LogP) is 1.57. The van der Waals surface area contributed by atoms with Gasteiger partial charge in [-0.1, -0.05) is 6.07 Å². The highest BCUT2D eigenvalue weighted by Crippen LogP contribution is 2.30. The highest BCUT2D eigenvalue weighted by Gasteiger charge is 2.39. The van der Waals surface area contributed by atoms with Gasteiger partial charge in [0.2, 0.25) is 5.91 Å². The van der Waals surface area contributed by atoms with Gasteiger partial charge in [-0.25, -0.2) is 0 Å². The van der Waals surface area contributed by atoms with Gasteiger partial charge in [0.15, 0.2) is 0 Å². The third-order valence-corrected chi connectivity index (χ3v) is 3.76. The number of nitrogens with zero attached hydrogens (tertiary/aromatic N) is 1. The number of amides is 1. The maximum atomic E-state index is 11.8. The van der Waals surface area contributed by atoms with Crippen LogP contribution in [0.3, 0.4) is 0 Å². The van der Waals surface area contributed by atoms with E-state index in [1.54, 1.807) is 0 Å². The van der Waals surface area contributed by atoms with E-state index in [4.69, 9.17) is 5.73 Å². The molecule has 96 valence electrons. The van der Waals surface area contributed by atoms with Gasteiger partial charge in [-0.3, -0.25) is 4.79 Å². The van der Waals surface area contributed by atoms with Crippen molar-refractivity contribution in [3.05, 3.63) is 24.3 Å². The molecule has 1 aromatic carbocycles. The zero-order valence-corrected chi connectivity index (χ0v) is 10.4. The highest BCUT2D eigenvalue weighted by molar-refractivity contribution is 5.95. The largest absolute Gasteiger partial charge is 0.371 e. The molecule has 0 spiro atoms. The van der Waals surface area contributed by atoms with Crippen LogP contribution in [0.25, 0.3) is 0 Å². The average molecular weight is 245 g/mol. The van der Waals surface area contributed by atoms with Crippen molar-refractivity contribution < 1.29 is 4.79 Å². The summed E-state index contributed by atoms with van der Waals surface area (Å²) < 4.78 is 0. The fourth-order valence-electron chi connectivity index (χ4n) is 2.51. The van der Waals surface area contributed by atoms with Crippen molar-refractivity contribution in [1.82, 2.24) is 0 Å². The summed E-state index contributed by atoms with van der Waals surface area (Å²) in [7, 11) is 0. The van der Waals surface area contributed by atoms with Crippen molar-refractivity contribution in [2.75, 3.05) is 23.3 Å². The summed E-state index contributed by atoms with van der Waals surface area (Å²) in [6.45, 7) is 2.23. The molecule has 1 saturated carbocycles. The predicted molar refractivity (Wildman–Crippen MR) is 72.6 cm³/mol. The fourth-order valence-corrected chi connectivity index (χ4v) is 2.51. The second kappa shape index (κ2) is 4.61. The van der Waals surface area contributed by atoms with Crippen LogP contribution < -0.4 is 16.0 Å². The van der Waals surface area contributed by atoms with Crippen molar-refractivity contribution >= 4 is 17.3 Å². The molecule has 1 heterocycles. The van der Waals surface area contributed by atoms with Gasteiger partial charge >= 0.3 is 0 Å². The molecule has 1 aliphatic carbocycles. The lowest BCUT2D eigenvalue weighted by Crippen LogP contribution is -2.20. The van der Waals surface area contributed by atoms with Crippen molar-refractivity contribution in [2.24, 2.45) is 11.7 Å². The van der Waals surface area contributed by atoms with Crippen LogP contribution in [0, 0.1) is 5.92 Å². The molecule has 2 fully saturated rings. The molecule has 0 radical (unpaired) electrons. The van der Waals surface area contributed by atoms with Crippen LogP contribution in [-0.2, 0) is 4.79 Å². The molecule has 2 aliphatic rings. The molecule has 2 atom stereocenters. The van der Waals surface area contributed by atoms with Gasteiger partial charge in [0, 0.05) is 30.5 Å². The van der Waals surface area contributed by atoms with Crippen LogP contribution in [0.5, 0.6) is 0 Å². The van der Waals surface area contributed by atoms with E-state index in [1.807, 2.05) is 12.1 Å². The minimum absolute atomic E-state index is 0.0143. The van der Waals surface area contributed by atoms with Gasteiger partial charge in [0.25, 0.3) is 0 Å². The Kier molecular flexibility index (Phi) is 2.96. The zero-order chi connectivity index (χ0) is 12.5. The van der Waals surface area contributed by atoms with Crippen LogP contribution >= 0.6 is 0 Å². The summed E-state index contributed by atoms with van der Waals surface area (Å²) in [5.74, 6) is 0.0708. The van der Waals surface area contributed by atoms with Gasteiger partial charge in [0.05, 0.1) is 5.92 Å². The van der Waals surface area contributed by atoms with Gasteiger partial charge in [-0.05, 0) is 37.5 Å². The zero-order valence-electron chi connectivity index (χ0n) is 10.4. The van der Waals surface area contributed by atoms with Crippen LogP contribution in [0.4, 0.5) is 11.4 Å². The molecule has 4 heteroatoms. The maximum absolute atomic E-state index is 11.8. The molecule has 3 N–H and O–H groups in total. The average Bonchev–Trinajstić information content (AvgIpc) is 2.90. The van der Waals surface area contributed by atoms with E-state index in [9.17, 15) is 4.79 Å². The first-order valence-electron chi connectivity index (χ1n) is 6.65. The number of nitrogens with two attached hydrogens (primary N) is 1. The van der Waals surface area contributed by atoms with Crippen LogP contribution in [0.15, 0.2) is 24.3 Å². The number of anilines is 2. The Labute approximate surface area is 107 Å². The number of hydrogen-bond acceptors (Lipinski definition) is 3. The lowest BCUT2D eigenvalue weighted by molar-refractivity contribution is -0.117. The third kappa shape index (κ3) is 2.34. The standard InChI is InChI=1S/C14H19N3O/c15-13-9-12(13)14(18)16-10-4-3-5-11(8-10)17-6-1-2-7-17/h3-5,8,12-13H,1-2,6-7,9,15H2,(H,16,18). The molecule has 1 amide bonds. The Morgan fingerprint density at radius 1 is 1.33 bits per heavy atom. The summed E-state index contributed by atoms with van der Waals surface area (Å²) in [6, 6.07) is 8.15. The summed E-state index contributed by atoms with van der Waals surface area (Å²) in [5.41, 5.74) is 7.76. The molecule has 3 rings (SSSR count). The first-order valence-corrected chi connectivity index (χ1v) is 6.65. The van der Waals surface area contributed by atoms with Crippen molar-refractivity contribution in [1.29, 1.82) is 0 Å². The third-order valence-electron chi connectivity index (χ3n) is 3.76. The number of rotatable bonds is 3. The molecular formula is C14H19N3O. The summed E-state index contributed by atoms with van der Waals surface area (Å²) >= 11 is 0. The van der Waals surface area contributed by atoms with Gasteiger partial charge in [-0.2, -0.15) is 0 Å². The monoisotopic (exact) mass is 245 g/mol. The molecular weight excluding hydrogens is 226 g/mol. The summed E-state index contributed by atoms with van der Waals surface area (Å²) in [4.78, 5) is 14.2. The first kappa shape index (κ1) is 11.5. The van der Waals surface area contributed by atoms with E-state index in [-0.39, 0.29) is 17.9 Å². The SMILES string of the molecule is NC1CC1C(=O)Nc1cccc(N2CCCC2)c1. The Balaban J connectivity index is 1.68. The molecule has 18 heavy (non-hydrogen) atoms. The summed E-state index contributed by atoms with van der Waals surface area (Å²) in [5, 5.41) is 2.95. The molecule has 0 bridgehead atoms. The van der Waals surface area contributed by atoms with E-state index < -0.39 is 0 Å². The molecule has 0 aromatic heterocycles. The minimum atomic E-state index is 0.0143. The number of carbonyl (C=O) groups excluding carboxylic acids is 1. The van der Waals surface area contributed by atoms with Crippen LogP contribution in [0.1, 0.15) is 19.3 Å². The maximum Gasteiger partial charge on any atom is 0.229 e. The van der Waals surface area contributed by atoms with E-state index >= 15 is 0 Å². The first-order chi connectivity index (χ1) is 8.74. The molecule has 4 nitrogen and oxygen atoms in total. The smallest absolute Gasteiger partial charge is 0.229 e. The Morgan fingerprint density at radius 3 is 2.72 bits per heavy atom. The second-order valence-corrected chi connectivity index (χ2v) is 5.24. The van der Waals surface area contributed by atoms with E-state index in [1.165, 1.54) is 18.5 Å². The number of benzene rings is 1. The Hall–Kier alpha value is -1.55. The topological polar surface area (TPSA) is 58.4 Å². The fraction of sp³-hybridized carbons (Fsp3) is 0.500. The molecule has 2 unspecified atom stereocenters. The number of hydrogen-bond donors (Lipinski definition) is 2. The quantitative estimate of drug-likeness (QED) is 0.850. The van der Waals surface area contributed by atoms with Crippen molar-refractivity contribution in [3.8, 4) is 0 Å². The number of nitrogens with one attached hydrogen (secondary N) is 1. The minimum Gasteiger partial charge on any atom is -0.371 e. The lowest BCUT2D eigenvalue weighted by Gasteiger charge is -2.18. The van der Waals surface area contributed by atoms with E-state index in [0.29, 0.717) is 0 Å². The van der Waals surface area contributed by atoms with Gasteiger partial charge in [-0.15, -0.1) is 0 Å². The molecule has 1 saturated heterocycles. The Morgan fingerprint density at radius 2 is 2.06 bits per heavy atom. The number of carbonyl (C=O) groups is 1. The van der Waals surface area contributed by atoms with Gasteiger partial charge in [0.1, 0.15) is 0 Å². The van der Waals surface area contributed by atoms with Crippen molar-refractivity contribution in [2.45, 2.75) is 25.3 Å². The van der Waals surface area contributed by atoms with Crippen molar-refractivity contribution in [3.63, 3.8) is 0 Å². The second-order valence-electron chi connectivity index (χ2n) is 5.24. The Bertz CT molecular complexity index is 454. The molecule has 1 aromatic rings.